The van der Waals surface area contributed by atoms with Crippen molar-refractivity contribution in [2.24, 2.45) is 0 Å². The minimum Gasteiger partial charge on any atom is -0.326 e. The van der Waals surface area contributed by atoms with Crippen LogP contribution in [0.4, 0.5) is 13.2 Å². The Morgan fingerprint density at radius 3 is 2.56 bits per heavy atom. The summed E-state index contributed by atoms with van der Waals surface area (Å²) >= 11 is 1.93. The molecule has 16 heavy (non-hydrogen) atoms. The Kier molecular flexibility index (Phi) is 2.85. The molecule has 2 nitrogen and oxygen atoms in total. The Morgan fingerprint density at radius 1 is 1.38 bits per heavy atom. The minimum atomic E-state index is -2.83. The first kappa shape index (κ1) is 11.7. The van der Waals surface area contributed by atoms with Crippen LogP contribution in [0.25, 0.3) is 0 Å². The van der Waals surface area contributed by atoms with E-state index in [9.17, 15) is 18.0 Å². The second-order valence-electron chi connectivity index (χ2n) is 3.64. The van der Waals surface area contributed by atoms with Crippen LogP contribution < -0.4 is 0 Å². The standard InChI is InChI=1S/C10H7F3INO/c11-8-2-1-6(14)3-7(8)9(16)15-4-10(12,13)5-15/h1-3H,4-5H2. The van der Waals surface area contributed by atoms with Gasteiger partial charge in [0.15, 0.2) is 0 Å². The number of benzene rings is 1. The molecule has 1 saturated heterocycles. The molecule has 0 bridgehead atoms. The van der Waals surface area contributed by atoms with Crippen LogP contribution in [0.1, 0.15) is 10.4 Å². The maximum Gasteiger partial charge on any atom is 0.282 e. The molecule has 1 fully saturated rings. The number of nitrogens with zero attached hydrogens (tertiary/aromatic N) is 1. The van der Waals surface area contributed by atoms with Crippen LogP contribution in [0.3, 0.4) is 0 Å². The maximum atomic E-state index is 13.3. The van der Waals surface area contributed by atoms with E-state index in [4.69, 9.17) is 0 Å². The Bertz CT molecular complexity index is 442. The van der Waals surface area contributed by atoms with E-state index in [1.54, 1.807) is 0 Å². The van der Waals surface area contributed by atoms with Crippen molar-refractivity contribution in [3.63, 3.8) is 0 Å². The van der Waals surface area contributed by atoms with Crippen LogP contribution in [-0.2, 0) is 0 Å². The number of alkyl halides is 2. The fourth-order valence-electron chi connectivity index (χ4n) is 1.49. The van der Waals surface area contributed by atoms with Gasteiger partial charge in [-0.3, -0.25) is 4.79 Å². The number of rotatable bonds is 1. The lowest BCUT2D eigenvalue weighted by Crippen LogP contribution is -2.58. The van der Waals surface area contributed by atoms with E-state index in [0.29, 0.717) is 3.57 Å². The van der Waals surface area contributed by atoms with Gasteiger partial charge < -0.3 is 4.90 Å². The third-order valence-electron chi connectivity index (χ3n) is 2.29. The fourth-order valence-corrected chi connectivity index (χ4v) is 1.98. The number of likely N-dealkylation sites (tertiary alicyclic amines) is 1. The van der Waals surface area contributed by atoms with E-state index in [-0.39, 0.29) is 5.56 Å². The predicted octanol–water partition coefficient (Wildman–Crippen LogP) is 2.52. The van der Waals surface area contributed by atoms with Gasteiger partial charge in [-0.2, -0.15) is 0 Å². The highest BCUT2D eigenvalue weighted by molar-refractivity contribution is 14.1. The van der Waals surface area contributed by atoms with E-state index in [1.807, 2.05) is 22.6 Å². The summed E-state index contributed by atoms with van der Waals surface area (Å²) in [4.78, 5) is 12.6. The molecule has 86 valence electrons. The van der Waals surface area contributed by atoms with Gasteiger partial charge in [0.1, 0.15) is 5.82 Å². The smallest absolute Gasteiger partial charge is 0.282 e. The average molecular weight is 341 g/mol. The lowest BCUT2D eigenvalue weighted by atomic mass is 10.1. The number of hydrogen-bond donors (Lipinski definition) is 0. The SMILES string of the molecule is O=C(c1cc(I)ccc1F)N1CC(F)(F)C1. The van der Waals surface area contributed by atoms with Gasteiger partial charge in [0.2, 0.25) is 0 Å². The Labute approximate surface area is 104 Å². The maximum absolute atomic E-state index is 13.3. The molecular weight excluding hydrogens is 334 g/mol. The normalized spacial score (nSPS) is 18.1. The van der Waals surface area contributed by atoms with Crippen molar-refractivity contribution in [2.45, 2.75) is 5.92 Å². The summed E-state index contributed by atoms with van der Waals surface area (Å²) in [5, 5.41) is 0. The molecule has 1 heterocycles. The molecule has 0 aliphatic carbocycles. The predicted molar refractivity (Wildman–Crippen MR) is 60.0 cm³/mol. The molecule has 0 spiro atoms. The molecule has 1 aromatic rings. The van der Waals surface area contributed by atoms with Crippen LogP contribution in [0, 0.1) is 9.39 Å². The molecule has 0 radical (unpaired) electrons. The van der Waals surface area contributed by atoms with Crippen molar-refractivity contribution in [1.29, 1.82) is 0 Å². The zero-order chi connectivity index (χ0) is 11.9. The van der Waals surface area contributed by atoms with E-state index in [2.05, 4.69) is 0 Å². The van der Waals surface area contributed by atoms with Gasteiger partial charge in [0, 0.05) is 3.57 Å². The zero-order valence-electron chi connectivity index (χ0n) is 8.01. The summed E-state index contributed by atoms with van der Waals surface area (Å²) < 4.78 is 39.1. The lowest BCUT2D eigenvalue weighted by molar-refractivity contribution is -0.113. The molecule has 2 rings (SSSR count). The first-order chi connectivity index (χ1) is 7.39. The zero-order valence-corrected chi connectivity index (χ0v) is 10.2. The minimum absolute atomic E-state index is 0.151. The molecule has 0 N–H and O–H groups in total. The van der Waals surface area contributed by atoms with Gasteiger partial charge in [0.05, 0.1) is 18.7 Å². The monoisotopic (exact) mass is 341 g/mol. The van der Waals surface area contributed by atoms with Crippen LogP contribution in [0.5, 0.6) is 0 Å². The van der Waals surface area contributed by atoms with Gasteiger partial charge >= 0.3 is 0 Å². The quantitative estimate of drug-likeness (QED) is 0.719. The number of carbonyl (C=O) groups excluding carboxylic acids is 1. The van der Waals surface area contributed by atoms with Crippen LogP contribution in [0.15, 0.2) is 18.2 Å². The van der Waals surface area contributed by atoms with Crippen molar-refractivity contribution in [1.82, 2.24) is 4.90 Å². The van der Waals surface area contributed by atoms with Gasteiger partial charge in [-0.25, -0.2) is 13.2 Å². The summed E-state index contributed by atoms with van der Waals surface area (Å²) in [6, 6.07) is 4.03. The van der Waals surface area contributed by atoms with Gasteiger partial charge in [-0.05, 0) is 40.8 Å². The van der Waals surface area contributed by atoms with Crippen molar-refractivity contribution < 1.29 is 18.0 Å². The molecule has 0 aromatic heterocycles. The van der Waals surface area contributed by atoms with Crippen LogP contribution >= 0.6 is 22.6 Å². The van der Waals surface area contributed by atoms with Gasteiger partial charge in [-0.1, -0.05) is 0 Å². The third kappa shape index (κ3) is 2.16. The van der Waals surface area contributed by atoms with Crippen LogP contribution in [-0.4, -0.2) is 29.8 Å². The highest BCUT2D eigenvalue weighted by Gasteiger charge is 2.46. The van der Waals surface area contributed by atoms with E-state index < -0.39 is 30.7 Å². The number of carbonyl (C=O) groups is 1. The van der Waals surface area contributed by atoms with E-state index in [0.717, 1.165) is 11.0 Å². The summed E-state index contributed by atoms with van der Waals surface area (Å²) in [6.07, 6.45) is 0. The fraction of sp³-hybridized carbons (Fsp3) is 0.300. The van der Waals surface area contributed by atoms with Gasteiger partial charge in [0.25, 0.3) is 11.8 Å². The summed E-state index contributed by atoms with van der Waals surface area (Å²) in [5.74, 6) is -4.18. The molecule has 6 heteroatoms. The second-order valence-corrected chi connectivity index (χ2v) is 4.89. The topological polar surface area (TPSA) is 20.3 Å². The molecule has 1 aliphatic rings. The molecule has 1 aromatic carbocycles. The van der Waals surface area contributed by atoms with Crippen molar-refractivity contribution in [3.05, 3.63) is 33.1 Å². The number of amides is 1. The largest absolute Gasteiger partial charge is 0.326 e. The average Bonchev–Trinajstić information content (AvgIpc) is 2.17. The third-order valence-corrected chi connectivity index (χ3v) is 2.96. The molecule has 1 amide bonds. The highest BCUT2D eigenvalue weighted by atomic mass is 127. The van der Waals surface area contributed by atoms with E-state index in [1.165, 1.54) is 12.1 Å². The molecule has 0 atom stereocenters. The molecule has 0 saturated carbocycles. The number of hydrogen-bond acceptors (Lipinski definition) is 1. The second kappa shape index (κ2) is 3.90. The summed E-state index contributed by atoms with van der Waals surface area (Å²) in [5.41, 5.74) is -0.151. The summed E-state index contributed by atoms with van der Waals surface area (Å²) in [7, 11) is 0. The first-order valence-corrected chi connectivity index (χ1v) is 5.59. The summed E-state index contributed by atoms with van der Waals surface area (Å²) in [6.45, 7) is -1.26. The number of halogens is 4. The van der Waals surface area contributed by atoms with Gasteiger partial charge in [-0.15, -0.1) is 0 Å². The molecule has 1 aliphatic heterocycles. The van der Waals surface area contributed by atoms with E-state index >= 15 is 0 Å². The van der Waals surface area contributed by atoms with Crippen molar-refractivity contribution in [2.75, 3.05) is 13.1 Å². The van der Waals surface area contributed by atoms with Crippen molar-refractivity contribution >= 4 is 28.5 Å². The van der Waals surface area contributed by atoms with Crippen molar-refractivity contribution in [3.8, 4) is 0 Å². The molecule has 0 unspecified atom stereocenters. The Morgan fingerprint density at radius 2 is 2.00 bits per heavy atom. The Hall–Kier alpha value is -0.790. The Balaban J connectivity index is 2.19. The lowest BCUT2D eigenvalue weighted by Gasteiger charge is -2.38. The molecular formula is C10H7F3INO. The van der Waals surface area contributed by atoms with Crippen LogP contribution in [0.2, 0.25) is 0 Å². The highest BCUT2D eigenvalue weighted by Crippen LogP contribution is 2.28. The first-order valence-electron chi connectivity index (χ1n) is 4.51.